The third kappa shape index (κ3) is 7.67. The Kier molecular flexibility index (Phi) is 9.80. The third-order valence-corrected chi connectivity index (χ3v) is 5.30. The Hall–Kier alpha value is -0.610. The lowest BCUT2D eigenvalue weighted by Crippen LogP contribution is -2.39. The van der Waals surface area contributed by atoms with Crippen LogP contribution < -0.4 is 11.1 Å². The van der Waals surface area contributed by atoms with Gasteiger partial charge >= 0.3 is 0 Å². The van der Waals surface area contributed by atoms with Crippen molar-refractivity contribution in [1.82, 2.24) is 5.32 Å². The number of hydrogen-bond donors (Lipinski definition) is 3. The SMILES string of the molecule is CCCCNC(=O)[C@@H](C[C@H](O)C[C@H](N)C1CCCCC1)C(C)C. The zero-order valence-corrected chi connectivity index (χ0v) is 15.4. The first-order valence-corrected chi connectivity index (χ1v) is 9.67. The van der Waals surface area contributed by atoms with Crippen molar-refractivity contribution in [2.24, 2.45) is 23.5 Å². The van der Waals surface area contributed by atoms with Crippen molar-refractivity contribution in [3.05, 3.63) is 0 Å². The van der Waals surface area contributed by atoms with E-state index in [4.69, 9.17) is 5.73 Å². The zero-order valence-electron chi connectivity index (χ0n) is 15.4. The van der Waals surface area contributed by atoms with Gasteiger partial charge in [-0.15, -0.1) is 0 Å². The third-order valence-electron chi connectivity index (χ3n) is 5.30. The van der Waals surface area contributed by atoms with Gasteiger partial charge in [0.1, 0.15) is 0 Å². The van der Waals surface area contributed by atoms with Crippen molar-refractivity contribution in [1.29, 1.82) is 0 Å². The molecule has 4 N–H and O–H groups in total. The van der Waals surface area contributed by atoms with Crippen LogP contribution in [0, 0.1) is 17.8 Å². The molecule has 0 bridgehead atoms. The van der Waals surface area contributed by atoms with E-state index in [1.54, 1.807) is 0 Å². The number of nitrogens with one attached hydrogen (secondary N) is 1. The second kappa shape index (κ2) is 11.0. The van der Waals surface area contributed by atoms with Gasteiger partial charge in [0.2, 0.25) is 5.91 Å². The van der Waals surface area contributed by atoms with Gasteiger partial charge < -0.3 is 16.2 Å². The molecule has 0 spiro atoms. The van der Waals surface area contributed by atoms with Gasteiger partial charge in [0, 0.05) is 18.5 Å². The first-order chi connectivity index (χ1) is 11.0. The maximum Gasteiger partial charge on any atom is 0.223 e. The molecule has 4 heteroatoms. The van der Waals surface area contributed by atoms with Crippen LogP contribution in [0.5, 0.6) is 0 Å². The van der Waals surface area contributed by atoms with Crippen LogP contribution in [0.4, 0.5) is 0 Å². The fourth-order valence-corrected chi connectivity index (χ4v) is 3.66. The van der Waals surface area contributed by atoms with E-state index in [2.05, 4.69) is 26.1 Å². The summed E-state index contributed by atoms with van der Waals surface area (Å²) in [5.74, 6) is 0.741. The summed E-state index contributed by atoms with van der Waals surface area (Å²) in [5.41, 5.74) is 6.31. The van der Waals surface area contributed by atoms with Crippen molar-refractivity contribution in [3.63, 3.8) is 0 Å². The molecule has 4 nitrogen and oxygen atoms in total. The minimum absolute atomic E-state index is 0.0706. The Bertz CT molecular complexity index is 327. The van der Waals surface area contributed by atoms with Crippen LogP contribution in [-0.4, -0.2) is 29.7 Å². The summed E-state index contributed by atoms with van der Waals surface area (Å²) in [6.45, 7) is 6.95. The second-order valence-corrected chi connectivity index (χ2v) is 7.68. The minimum Gasteiger partial charge on any atom is -0.393 e. The molecule has 0 aliphatic heterocycles. The van der Waals surface area contributed by atoms with Gasteiger partial charge in [-0.05, 0) is 43.9 Å². The maximum atomic E-state index is 12.3. The molecule has 3 atom stereocenters. The molecule has 0 aromatic heterocycles. The molecule has 136 valence electrons. The smallest absolute Gasteiger partial charge is 0.223 e. The lowest BCUT2D eigenvalue weighted by molar-refractivity contribution is -0.127. The highest BCUT2D eigenvalue weighted by molar-refractivity contribution is 5.78. The molecule has 0 heterocycles. The number of amides is 1. The van der Waals surface area contributed by atoms with Crippen molar-refractivity contribution < 1.29 is 9.90 Å². The van der Waals surface area contributed by atoms with Gasteiger partial charge in [0.05, 0.1) is 6.10 Å². The van der Waals surface area contributed by atoms with Gasteiger partial charge in [-0.3, -0.25) is 4.79 Å². The predicted molar refractivity (Wildman–Crippen MR) is 96.0 cm³/mol. The van der Waals surface area contributed by atoms with Gasteiger partial charge in [-0.2, -0.15) is 0 Å². The fourth-order valence-electron chi connectivity index (χ4n) is 3.66. The molecule has 1 rings (SSSR count). The van der Waals surface area contributed by atoms with Crippen LogP contribution in [0.15, 0.2) is 0 Å². The molecule has 1 aliphatic rings. The van der Waals surface area contributed by atoms with E-state index in [1.807, 2.05) is 0 Å². The molecule has 0 unspecified atom stereocenters. The largest absolute Gasteiger partial charge is 0.393 e. The maximum absolute atomic E-state index is 12.3. The van der Waals surface area contributed by atoms with Crippen molar-refractivity contribution in [3.8, 4) is 0 Å². The Morgan fingerprint density at radius 3 is 2.43 bits per heavy atom. The van der Waals surface area contributed by atoms with Gasteiger partial charge in [0.15, 0.2) is 0 Å². The van der Waals surface area contributed by atoms with E-state index in [0.717, 1.165) is 19.4 Å². The molecule has 1 aliphatic carbocycles. The quantitative estimate of drug-likeness (QED) is 0.540. The number of nitrogens with two attached hydrogens (primary N) is 1. The number of aliphatic hydroxyl groups excluding tert-OH is 1. The first kappa shape index (κ1) is 20.4. The van der Waals surface area contributed by atoms with E-state index in [0.29, 0.717) is 18.8 Å². The Balaban J connectivity index is 2.43. The summed E-state index contributed by atoms with van der Waals surface area (Å²) in [6, 6.07) is 0.0706. The number of carbonyl (C=O) groups is 1. The highest BCUT2D eigenvalue weighted by Gasteiger charge is 2.28. The molecule has 1 saturated carbocycles. The summed E-state index contributed by atoms with van der Waals surface area (Å²) >= 11 is 0. The Labute approximate surface area is 142 Å². The summed E-state index contributed by atoms with van der Waals surface area (Å²) < 4.78 is 0. The highest BCUT2D eigenvalue weighted by Crippen LogP contribution is 2.28. The lowest BCUT2D eigenvalue weighted by atomic mass is 9.80. The van der Waals surface area contributed by atoms with E-state index < -0.39 is 6.10 Å². The topological polar surface area (TPSA) is 75.3 Å². The molecule has 0 aromatic carbocycles. The van der Waals surface area contributed by atoms with Crippen molar-refractivity contribution >= 4 is 5.91 Å². The normalized spacial score (nSPS) is 20.3. The summed E-state index contributed by atoms with van der Waals surface area (Å²) in [5, 5.41) is 13.4. The van der Waals surface area contributed by atoms with Crippen LogP contribution in [-0.2, 0) is 4.79 Å². The number of unbranched alkanes of at least 4 members (excludes halogenated alkanes) is 1. The molecule has 0 radical (unpaired) electrons. The van der Waals surface area contributed by atoms with Crippen LogP contribution in [0.2, 0.25) is 0 Å². The minimum atomic E-state index is -0.476. The highest BCUT2D eigenvalue weighted by atomic mass is 16.3. The number of carbonyl (C=O) groups excluding carboxylic acids is 1. The van der Waals surface area contributed by atoms with Gasteiger partial charge in [0.25, 0.3) is 0 Å². The van der Waals surface area contributed by atoms with Gasteiger partial charge in [-0.1, -0.05) is 46.5 Å². The van der Waals surface area contributed by atoms with Crippen LogP contribution in [0.1, 0.15) is 78.6 Å². The standard InChI is InChI=1S/C19H38N2O2/c1-4-5-11-21-19(23)17(14(2)3)12-16(22)13-18(20)15-9-7-6-8-10-15/h14-18,22H,4-13,20H2,1-3H3,(H,21,23)/t16-,17-,18-/m0/s1. The predicted octanol–water partition coefficient (Wildman–Crippen LogP) is 3.22. The summed E-state index contributed by atoms with van der Waals surface area (Å²) in [6.07, 6.45) is 8.99. The molecule has 1 fully saturated rings. The average molecular weight is 327 g/mol. The zero-order chi connectivity index (χ0) is 17.2. The second-order valence-electron chi connectivity index (χ2n) is 7.68. The van der Waals surface area contributed by atoms with E-state index in [1.165, 1.54) is 32.1 Å². The fraction of sp³-hybridized carbons (Fsp3) is 0.947. The molecular weight excluding hydrogens is 288 g/mol. The summed E-state index contributed by atoms with van der Waals surface area (Å²) in [7, 11) is 0. The van der Waals surface area contributed by atoms with Crippen molar-refractivity contribution in [2.45, 2.75) is 90.7 Å². The van der Waals surface area contributed by atoms with Crippen LogP contribution in [0.25, 0.3) is 0 Å². The number of aliphatic hydroxyl groups is 1. The summed E-state index contributed by atoms with van der Waals surface area (Å²) in [4.78, 5) is 12.3. The van der Waals surface area contributed by atoms with Crippen LogP contribution >= 0.6 is 0 Å². The van der Waals surface area contributed by atoms with E-state index >= 15 is 0 Å². The molecule has 0 saturated heterocycles. The van der Waals surface area contributed by atoms with Crippen molar-refractivity contribution in [2.75, 3.05) is 6.54 Å². The number of rotatable bonds is 10. The monoisotopic (exact) mass is 326 g/mol. The molecule has 0 aromatic rings. The lowest BCUT2D eigenvalue weighted by Gasteiger charge is -2.30. The molecule has 1 amide bonds. The van der Waals surface area contributed by atoms with Crippen LogP contribution in [0.3, 0.4) is 0 Å². The molecular formula is C19H38N2O2. The van der Waals surface area contributed by atoms with Gasteiger partial charge in [-0.25, -0.2) is 0 Å². The van der Waals surface area contributed by atoms with E-state index in [-0.39, 0.29) is 23.8 Å². The Morgan fingerprint density at radius 1 is 1.22 bits per heavy atom. The first-order valence-electron chi connectivity index (χ1n) is 9.67. The molecule has 23 heavy (non-hydrogen) atoms. The van der Waals surface area contributed by atoms with E-state index in [9.17, 15) is 9.90 Å². The Morgan fingerprint density at radius 2 is 1.87 bits per heavy atom. The average Bonchev–Trinajstić information content (AvgIpc) is 2.53. The number of hydrogen-bond acceptors (Lipinski definition) is 3.